The van der Waals surface area contributed by atoms with E-state index >= 15 is 0 Å². The zero-order valence-corrected chi connectivity index (χ0v) is 10.6. The Labute approximate surface area is 107 Å². The maximum atomic E-state index is 12.7. The highest BCUT2D eigenvalue weighted by molar-refractivity contribution is 5.85. The Morgan fingerprint density at radius 2 is 1.78 bits per heavy atom. The molecule has 5 rings (SSSR count). The third-order valence-electron chi connectivity index (χ3n) is 5.41. The van der Waals surface area contributed by atoms with Gasteiger partial charge in [-0.2, -0.15) is 0 Å². The van der Waals surface area contributed by atoms with E-state index in [4.69, 9.17) is 0 Å². The number of rotatable bonds is 3. The summed E-state index contributed by atoms with van der Waals surface area (Å²) in [7, 11) is 0. The number of carbonyl (C=O) groups is 1. The Morgan fingerprint density at radius 1 is 1.17 bits per heavy atom. The van der Waals surface area contributed by atoms with Crippen LogP contribution < -0.4 is 0 Å². The number of carbonyl (C=O) groups excluding carboxylic acids is 1. The van der Waals surface area contributed by atoms with Gasteiger partial charge in [0.2, 0.25) is 0 Å². The molecule has 4 saturated carbocycles. The van der Waals surface area contributed by atoms with Crippen molar-refractivity contribution in [1.29, 1.82) is 0 Å². The van der Waals surface area contributed by atoms with Gasteiger partial charge in [-0.3, -0.25) is 4.79 Å². The molecule has 4 aliphatic carbocycles. The van der Waals surface area contributed by atoms with Gasteiger partial charge in [0.25, 0.3) is 0 Å². The fourth-order valence-corrected chi connectivity index (χ4v) is 5.08. The molecule has 0 atom stereocenters. The van der Waals surface area contributed by atoms with Crippen LogP contribution in [0.4, 0.5) is 0 Å². The molecular weight excluding hydrogens is 226 g/mol. The topological polar surface area (TPSA) is 47.8 Å². The number of hydrogen-bond acceptors (Lipinski definition) is 3. The van der Waals surface area contributed by atoms with Crippen LogP contribution in [0.5, 0.6) is 0 Å². The van der Waals surface area contributed by atoms with Gasteiger partial charge in [0.15, 0.2) is 5.78 Å². The molecule has 1 heterocycles. The summed E-state index contributed by atoms with van der Waals surface area (Å²) in [5.74, 6) is 2.90. The first-order chi connectivity index (χ1) is 8.73. The van der Waals surface area contributed by atoms with Crippen molar-refractivity contribution < 1.29 is 4.79 Å². The minimum Gasteiger partial charge on any atom is -0.297 e. The summed E-state index contributed by atoms with van der Waals surface area (Å²) >= 11 is 0. The number of nitrogens with zero attached hydrogens (tertiary/aromatic N) is 3. The standard InChI is InChI=1S/C14H19N3O/c18-13(9-17-2-1-15-16-17)14-6-10-3-11(7-14)5-12(4-10)8-14/h1-2,10-12H,3-9H2. The fourth-order valence-electron chi connectivity index (χ4n) is 5.08. The van der Waals surface area contributed by atoms with E-state index in [1.807, 2.05) is 0 Å². The Hall–Kier alpha value is -1.19. The maximum absolute atomic E-state index is 12.7. The fraction of sp³-hybridized carbons (Fsp3) is 0.786. The van der Waals surface area contributed by atoms with Crippen LogP contribution in [-0.2, 0) is 11.3 Å². The zero-order valence-electron chi connectivity index (χ0n) is 10.6. The van der Waals surface area contributed by atoms with Crippen LogP contribution in [0.3, 0.4) is 0 Å². The third kappa shape index (κ3) is 1.54. The smallest absolute Gasteiger partial charge is 0.160 e. The molecule has 4 nitrogen and oxygen atoms in total. The van der Waals surface area contributed by atoms with Crippen LogP contribution in [0.1, 0.15) is 38.5 Å². The molecule has 0 spiro atoms. The Kier molecular flexibility index (Phi) is 2.17. The van der Waals surface area contributed by atoms with Gasteiger partial charge in [0.1, 0.15) is 6.54 Å². The minimum absolute atomic E-state index is 0.000694. The lowest BCUT2D eigenvalue weighted by atomic mass is 9.48. The first-order valence-corrected chi connectivity index (χ1v) is 7.11. The van der Waals surface area contributed by atoms with E-state index in [9.17, 15) is 4.79 Å². The molecule has 4 aliphatic rings. The summed E-state index contributed by atoms with van der Waals surface area (Å²) in [5.41, 5.74) is 0.000694. The zero-order chi connectivity index (χ0) is 12.2. The number of ketones is 1. The molecule has 1 aromatic rings. The van der Waals surface area contributed by atoms with Crippen LogP contribution in [0.25, 0.3) is 0 Å². The van der Waals surface area contributed by atoms with Crippen molar-refractivity contribution in [3.8, 4) is 0 Å². The lowest BCUT2D eigenvalue weighted by Gasteiger charge is -2.55. The van der Waals surface area contributed by atoms with Crippen molar-refractivity contribution in [2.24, 2.45) is 23.2 Å². The van der Waals surface area contributed by atoms with Crippen molar-refractivity contribution in [2.75, 3.05) is 0 Å². The van der Waals surface area contributed by atoms with Crippen LogP contribution in [0.15, 0.2) is 12.4 Å². The second kappa shape index (κ2) is 3.65. The second-order valence-corrected chi connectivity index (χ2v) is 6.72. The van der Waals surface area contributed by atoms with E-state index in [1.165, 1.54) is 19.3 Å². The molecule has 0 amide bonds. The van der Waals surface area contributed by atoms with Crippen molar-refractivity contribution in [2.45, 2.75) is 45.1 Å². The average molecular weight is 245 g/mol. The van der Waals surface area contributed by atoms with Crippen LogP contribution in [0.2, 0.25) is 0 Å². The van der Waals surface area contributed by atoms with Gasteiger partial charge in [-0.05, 0) is 56.3 Å². The highest BCUT2D eigenvalue weighted by Crippen LogP contribution is 2.60. The molecule has 4 heteroatoms. The number of Topliss-reactive ketones (excluding diaryl/α,β-unsaturated/α-hetero) is 1. The lowest BCUT2D eigenvalue weighted by Crippen LogP contribution is -2.50. The molecule has 0 aromatic carbocycles. The Bertz CT molecular complexity index is 430. The van der Waals surface area contributed by atoms with E-state index in [-0.39, 0.29) is 5.41 Å². The van der Waals surface area contributed by atoms with Crippen LogP contribution >= 0.6 is 0 Å². The normalized spacial score (nSPS) is 41.2. The van der Waals surface area contributed by atoms with E-state index in [2.05, 4.69) is 10.3 Å². The van der Waals surface area contributed by atoms with Crippen molar-refractivity contribution in [1.82, 2.24) is 15.0 Å². The van der Waals surface area contributed by atoms with Gasteiger partial charge < -0.3 is 0 Å². The highest BCUT2D eigenvalue weighted by atomic mass is 16.1. The molecule has 0 N–H and O–H groups in total. The van der Waals surface area contributed by atoms with Gasteiger partial charge in [0, 0.05) is 11.6 Å². The quantitative estimate of drug-likeness (QED) is 0.819. The minimum atomic E-state index is 0.000694. The van der Waals surface area contributed by atoms with Crippen molar-refractivity contribution >= 4 is 5.78 Å². The first-order valence-electron chi connectivity index (χ1n) is 7.11. The highest BCUT2D eigenvalue weighted by Gasteiger charge is 2.54. The molecule has 0 saturated heterocycles. The Morgan fingerprint density at radius 3 is 2.28 bits per heavy atom. The van der Waals surface area contributed by atoms with Gasteiger partial charge in [-0.1, -0.05) is 5.21 Å². The SMILES string of the molecule is O=C(Cn1ccnn1)C12CC3CC(CC(C3)C1)C2. The van der Waals surface area contributed by atoms with Crippen molar-refractivity contribution in [3.05, 3.63) is 12.4 Å². The molecule has 0 unspecified atom stereocenters. The summed E-state index contributed by atoms with van der Waals surface area (Å²) in [6, 6.07) is 0. The van der Waals surface area contributed by atoms with Crippen LogP contribution in [0, 0.1) is 23.2 Å². The molecule has 0 aliphatic heterocycles. The molecule has 1 aromatic heterocycles. The van der Waals surface area contributed by atoms with E-state index in [0.29, 0.717) is 12.3 Å². The number of hydrogen-bond donors (Lipinski definition) is 0. The molecular formula is C14H19N3O. The summed E-state index contributed by atoms with van der Waals surface area (Å²) < 4.78 is 1.68. The van der Waals surface area contributed by atoms with Crippen molar-refractivity contribution in [3.63, 3.8) is 0 Å². The lowest BCUT2D eigenvalue weighted by molar-refractivity contribution is -0.144. The summed E-state index contributed by atoms with van der Waals surface area (Å²) in [5, 5.41) is 7.71. The third-order valence-corrected chi connectivity index (χ3v) is 5.41. The van der Waals surface area contributed by atoms with E-state index in [0.717, 1.165) is 37.0 Å². The summed E-state index contributed by atoms with van der Waals surface area (Å²) in [6.45, 7) is 0.423. The maximum Gasteiger partial charge on any atom is 0.160 e. The largest absolute Gasteiger partial charge is 0.297 e. The van der Waals surface area contributed by atoms with Gasteiger partial charge in [-0.15, -0.1) is 5.10 Å². The predicted octanol–water partition coefficient (Wildman–Crippen LogP) is 2.06. The van der Waals surface area contributed by atoms with E-state index < -0.39 is 0 Å². The predicted molar refractivity (Wildman–Crippen MR) is 65.6 cm³/mol. The monoisotopic (exact) mass is 245 g/mol. The van der Waals surface area contributed by atoms with Gasteiger partial charge in [-0.25, -0.2) is 4.68 Å². The first kappa shape index (κ1) is 10.7. The second-order valence-electron chi connectivity index (χ2n) is 6.72. The number of aromatic nitrogens is 3. The molecule has 0 radical (unpaired) electrons. The molecule has 18 heavy (non-hydrogen) atoms. The van der Waals surface area contributed by atoms with E-state index in [1.54, 1.807) is 17.1 Å². The molecule has 4 fully saturated rings. The summed E-state index contributed by atoms with van der Waals surface area (Å²) in [4.78, 5) is 12.7. The van der Waals surface area contributed by atoms with Crippen LogP contribution in [-0.4, -0.2) is 20.8 Å². The van der Waals surface area contributed by atoms with Gasteiger partial charge in [0.05, 0.1) is 6.20 Å². The summed E-state index contributed by atoms with van der Waals surface area (Å²) in [6.07, 6.45) is 11.0. The van der Waals surface area contributed by atoms with Gasteiger partial charge >= 0.3 is 0 Å². The Balaban J connectivity index is 1.58. The molecule has 4 bridgehead atoms. The molecule has 96 valence electrons. The average Bonchev–Trinajstić information content (AvgIpc) is 2.79.